The van der Waals surface area contributed by atoms with Crippen LogP contribution >= 0.6 is 23.2 Å². The predicted octanol–water partition coefficient (Wildman–Crippen LogP) is 4.01. The minimum atomic E-state index is -3.78. The maximum absolute atomic E-state index is 13.5. The van der Waals surface area contributed by atoms with E-state index in [1.54, 1.807) is 43.3 Å². The molecule has 0 unspecified atom stereocenters. The summed E-state index contributed by atoms with van der Waals surface area (Å²) >= 11 is 12.6. The van der Waals surface area contributed by atoms with E-state index in [2.05, 4.69) is 5.32 Å². The lowest BCUT2D eigenvalue weighted by Crippen LogP contribution is -2.52. The van der Waals surface area contributed by atoms with E-state index in [-0.39, 0.29) is 18.5 Å². The first-order valence-electron chi connectivity index (χ1n) is 10.4. The van der Waals surface area contributed by atoms with Crippen LogP contribution in [0.25, 0.3) is 0 Å². The molecule has 0 fully saturated rings. The molecule has 0 aliphatic rings. The van der Waals surface area contributed by atoms with Crippen molar-refractivity contribution in [1.29, 1.82) is 0 Å². The van der Waals surface area contributed by atoms with Gasteiger partial charge in [0.05, 0.1) is 11.9 Å². The van der Waals surface area contributed by atoms with E-state index in [9.17, 15) is 18.0 Å². The molecule has 2 aromatic rings. The second-order valence-corrected chi connectivity index (χ2v) is 10.9. The van der Waals surface area contributed by atoms with E-state index in [4.69, 9.17) is 23.2 Å². The minimum Gasteiger partial charge on any atom is -0.352 e. The summed E-state index contributed by atoms with van der Waals surface area (Å²) in [6.07, 6.45) is 1.03. The summed E-state index contributed by atoms with van der Waals surface area (Å²) in [5.74, 6) is -0.938. The Morgan fingerprint density at radius 3 is 2.12 bits per heavy atom. The molecule has 33 heavy (non-hydrogen) atoms. The first-order valence-corrected chi connectivity index (χ1v) is 13.0. The number of carbonyl (C=O) groups is 2. The van der Waals surface area contributed by atoms with E-state index in [0.29, 0.717) is 21.3 Å². The molecule has 7 nitrogen and oxygen atoms in total. The summed E-state index contributed by atoms with van der Waals surface area (Å²) in [6.45, 7) is 6.49. The molecule has 0 saturated heterocycles. The second kappa shape index (κ2) is 11.2. The number of amides is 2. The SMILES string of the molecule is Cc1cccc(N(CC(=O)N(Cc2c(Cl)cccc2Cl)[C@@H](C)C(=O)NC(C)C)S(C)(=O)=O)c1. The molecular formula is C23H29Cl2N3O4S. The Morgan fingerprint density at radius 2 is 1.61 bits per heavy atom. The van der Waals surface area contributed by atoms with E-state index in [0.717, 1.165) is 16.1 Å². The maximum Gasteiger partial charge on any atom is 0.244 e. The summed E-state index contributed by atoms with van der Waals surface area (Å²) in [5.41, 5.74) is 1.68. The quantitative estimate of drug-likeness (QED) is 0.548. The van der Waals surface area contributed by atoms with Crippen LogP contribution in [0.3, 0.4) is 0 Å². The highest BCUT2D eigenvalue weighted by Gasteiger charge is 2.31. The van der Waals surface area contributed by atoms with Gasteiger partial charge in [-0.25, -0.2) is 8.42 Å². The topological polar surface area (TPSA) is 86.8 Å². The highest BCUT2D eigenvalue weighted by Crippen LogP contribution is 2.27. The zero-order valence-corrected chi connectivity index (χ0v) is 21.6. The Kier molecular flexibility index (Phi) is 9.17. The number of hydrogen-bond acceptors (Lipinski definition) is 4. The van der Waals surface area contributed by atoms with Crippen LogP contribution in [-0.4, -0.2) is 50.0 Å². The minimum absolute atomic E-state index is 0.0601. The van der Waals surface area contributed by atoms with Crippen molar-refractivity contribution in [2.75, 3.05) is 17.1 Å². The van der Waals surface area contributed by atoms with Crippen LogP contribution in [0.5, 0.6) is 0 Å². The van der Waals surface area contributed by atoms with Gasteiger partial charge in [-0.05, 0) is 57.5 Å². The fourth-order valence-electron chi connectivity index (χ4n) is 3.24. The van der Waals surface area contributed by atoms with Gasteiger partial charge in [-0.15, -0.1) is 0 Å². The van der Waals surface area contributed by atoms with Gasteiger partial charge in [0.1, 0.15) is 12.6 Å². The van der Waals surface area contributed by atoms with Crippen LogP contribution in [0.2, 0.25) is 10.0 Å². The molecule has 0 radical (unpaired) electrons. The number of halogens is 2. The molecule has 0 aliphatic carbocycles. The Bertz CT molecular complexity index is 1100. The lowest BCUT2D eigenvalue weighted by atomic mass is 10.1. The first kappa shape index (κ1) is 27.0. The maximum atomic E-state index is 13.5. The van der Waals surface area contributed by atoms with Crippen LogP contribution in [0, 0.1) is 6.92 Å². The Labute approximate surface area is 205 Å². The van der Waals surface area contributed by atoms with Crippen molar-refractivity contribution in [1.82, 2.24) is 10.2 Å². The summed E-state index contributed by atoms with van der Waals surface area (Å²) < 4.78 is 26.1. The van der Waals surface area contributed by atoms with E-state index in [1.807, 2.05) is 26.8 Å². The molecule has 2 amide bonds. The van der Waals surface area contributed by atoms with Gasteiger partial charge in [-0.2, -0.15) is 0 Å². The van der Waals surface area contributed by atoms with E-state index in [1.165, 1.54) is 4.90 Å². The number of nitrogens with one attached hydrogen (secondary N) is 1. The number of anilines is 1. The molecule has 10 heteroatoms. The summed E-state index contributed by atoms with van der Waals surface area (Å²) in [5, 5.41) is 3.47. The van der Waals surface area contributed by atoms with Crippen LogP contribution in [0.4, 0.5) is 5.69 Å². The van der Waals surface area contributed by atoms with Gasteiger partial charge in [0.15, 0.2) is 0 Å². The highest BCUT2D eigenvalue weighted by atomic mass is 35.5. The molecule has 0 heterocycles. The molecule has 1 atom stereocenters. The van der Waals surface area contributed by atoms with Gasteiger partial charge in [0, 0.05) is 28.2 Å². The second-order valence-electron chi connectivity index (χ2n) is 8.17. The average Bonchev–Trinajstić information content (AvgIpc) is 2.69. The summed E-state index contributed by atoms with van der Waals surface area (Å²) in [7, 11) is -3.78. The number of rotatable bonds is 9. The molecule has 0 aliphatic heterocycles. The fraction of sp³-hybridized carbons (Fsp3) is 0.391. The number of benzene rings is 2. The smallest absolute Gasteiger partial charge is 0.244 e. The first-order chi connectivity index (χ1) is 15.3. The fourth-order valence-corrected chi connectivity index (χ4v) is 4.60. The molecule has 0 spiro atoms. The molecule has 180 valence electrons. The number of sulfonamides is 1. The third-order valence-electron chi connectivity index (χ3n) is 4.96. The van der Waals surface area contributed by atoms with Gasteiger partial charge in [0.25, 0.3) is 0 Å². The van der Waals surface area contributed by atoms with Gasteiger partial charge in [-0.3, -0.25) is 13.9 Å². The highest BCUT2D eigenvalue weighted by molar-refractivity contribution is 7.92. The normalized spacial score (nSPS) is 12.4. The molecule has 0 bridgehead atoms. The van der Waals surface area contributed by atoms with Crippen molar-refractivity contribution in [3.8, 4) is 0 Å². The van der Waals surface area contributed by atoms with Crippen molar-refractivity contribution in [3.63, 3.8) is 0 Å². The van der Waals surface area contributed by atoms with Crippen molar-refractivity contribution in [2.24, 2.45) is 0 Å². The van der Waals surface area contributed by atoms with E-state index >= 15 is 0 Å². The zero-order chi connectivity index (χ0) is 24.9. The van der Waals surface area contributed by atoms with Gasteiger partial charge in [-0.1, -0.05) is 41.4 Å². The monoisotopic (exact) mass is 513 g/mol. The molecule has 2 aromatic carbocycles. The third-order valence-corrected chi connectivity index (χ3v) is 6.81. The Hall–Kier alpha value is -2.29. The predicted molar refractivity (Wildman–Crippen MR) is 133 cm³/mol. The van der Waals surface area contributed by atoms with Gasteiger partial charge >= 0.3 is 0 Å². The van der Waals surface area contributed by atoms with Gasteiger partial charge < -0.3 is 10.2 Å². The third kappa shape index (κ3) is 7.35. The average molecular weight is 514 g/mol. The molecule has 1 N–H and O–H groups in total. The van der Waals surface area contributed by atoms with Gasteiger partial charge in [0.2, 0.25) is 21.8 Å². The van der Waals surface area contributed by atoms with Crippen LogP contribution in [-0.2, 0) is 26.2 Å². The number of carbonyl (C=O) groups excluding carboxylic acids is 2. The van der Waals surface area contributed by atoms with Crippen molar-refractivity contribution in [2.45, 2.75) is 46.3 Å². The largest absolute Gasteiger partial charge is 0.352 e. The van der Waals surface area contributed by atoms with E-state index < -0.39 is 28.5 Å². The molecule has 0 aromatic heterocycles. The number of nitrogens with zero attached hydrogens (tertiary/aromatic N) is 2. The number of hydrogen-bond donors (Lipinski definition) is 1. The Morgan fingerprint density at radius 1 is 1.03 bits per heavy atom. The standard InChI is InChI=1S/C23H29Cl2N3O4S/c1-15(2)26-23(30)17(4)27(13-19-20(24)10-7-11-21(19)25)22(29)14-28(33(5,31)32)18-9-6-8-16(3)12-18/h6-12,15,17H,13-14H2,1-5H3,(H,26,30)/t17-/m0/s1. The Balaban J connectivity index is 2.45. The summed E-state index contributed by atoms with van der Waals surface area (Å²) in [4.78, 5) is 27.5. The van der Waals surface area contributed by atoms with Crippen LogP contribution in [0.15, 0.2) is 42.5 Å². The summed E-state index contributed by atoms with van der Waals surface area (Å²) in [6, 6.07) is 10.8. The zero-order valence-electron chi connectivity index (χ0n) is 19.3. The lowest BCUT2D eigenvalue weighted by Gasteiger charge is -2.32. The lowest BCUT2D eigenvalue weighted by molar-refractivity contribution is -0.139. The molecule has 0 saturated carbocycles. The van der Waals surface area contributed by atoms with Crippen molar-refractivity contribution < 1.29 is 18.0 Å². The van der Waals surface area contributed by atoms with Crippen LogP contribution in [0.1, 0.15) is 31.9 Å². The molecule has 2 rings (SSSR count). The molecular weight excluding hydrogens is 485 g/mol. The number of aryl methyl sites for hydroxylation is 1. The van der Waals surface area contributed by atoms with Crippen LogP contribution < -0.4 is 9.62 Å². The van der Waals surface area contributed by atoms with Crippen molar-refractivity contribution >= 4 is 50.7 Å². The van der Waals surface area contributed by atoms with Crippen molar-refractivity contribution in [3.05, 3.63) is 63.6 Å².